The molecule has 0 bridgehead atoms. The van der Waals surface area contributed by atoms with Crippen molar-refractivity contribution in [2.75, 3.05) is 17.7 Å². The quantitative estimate of drug-likeness (QED) is 0.674. The molecule has 4 rings (SSSR count). The Morgan fingerprint density at radius 1 is 1.00 bits per heavy atom. The Labute approximate surface area is 167 Å². The number of anilines is 2. The van der Waals surface area contributed by atoms with Crippen molar-refractivity contribution in [1.29, 1.82) is 0 Å². The lowest BCUT2D eigenvalue weighted by Gasteiger charge is -2.15. The van der Waals surface area contributed by atoms with Gasteiger partial charge >= 0.3 is 0 Å². The van der Waals surface area contributed by atoms with Crippen LogP contribution in [0.3, 0.4) is 0 Å². The maximum absolute atomic E-state index is 12.8. The van der Waals surface area contributed by atoms with E-state index in [1.165, 1.54) is 46.9 Å². The Hall–Kier alpha value is -3.12. The molecule has 6 heteroatoms. The third-order valence-corrected chi connectivity index (χ3v) is 5.94. The van der Waals surface area contributed by atoms with Crippen molar-refractivity contribution in [2.24, 2.45) is 0 Å². The van der Waals surface area contributed by atoms with Gasteiger partial charge in [0, 0.05) is 17.5 Å². The van der Waals surface area contributed by atoms with Gasteiger partial charge in [0.15, 0.2) is 0 Å². The van der Waals surface area contributed by atoms with Crippen LogP contribution in [-0.4, -0.2) is 18.9 Å². The summed E-state index contributed by atoms with van der Waals surface area (Å²) in [6.07, 6.45) is 1.95. The van der Waals surface area contributed by atoms with Crippen LogP contribution in [0, 0.1) is 0 Å². The van der Waals surface area contributed by atoms with Gasteiger partial charge in [0.1, 0.15) is 5.75 Å². The van der Waals surface area contributed by atoms with E-state index in [0.29, 0.717) is 22.0 Å². The first-order chi connectivity index (χ1) is 13.5. The summed E-state index contributed by atoms with van der Waals surface area (Å²) in [5.41, 5.74) is 4.90. The number of methoxy groups -OCH3 is 1. The van der Waals surface area contributed by atoms with Gasteiger partial charge in [-0.15, -0.1) is 11.3 Å². The maximum Gasteiger partial charge on any atom is 0.265 e. The van der Waals surface area contributed by atoms with Gasteiger partial charge in [-0.3, -0.25) is 9.59 Å². The van der Waals surface area contributed by atoms with Crippen LogP contribution in [0.4, 0.5) is 11.4 Å². The summed E-state index contributed by atoms with van der Waals surface area (Å²) in [5.74, 6) is 0.179. The van der Waals surface area contributed by atoms with Crippen molar-refractivity contribution in [3.05, 3.63) is 64.5 Å². The molecule has 1 heterocycles. The topological polar surface area (TPSA) is 67.4 Å². The Bertz CT molecular complexity index is 1070. The number of benzene rings is 2. The zero-order valence-corrected chi connectivity index (χ0v) is 16.5. The maximum atomic E-state index is 12.8. The number of rotatable bonds is 4. The van der Waals surface area contributed by atoms with Gasteiger partial charge in [-0.05, 0) is 53.8 Å². The van der Waals surface area contributed by atoms with E-state index in [1.807, 2.05) is 12.1 Å². The van der Waals surface area contributed by atoms with E-state index >= 15 is 0 Å². The molecule has 0 unspecified atom stereocenters. The third-order valence-electron chi connectivity index (χ3n) is 4.73. The van der Waals surface area contributed by atoms with Crippen molar-refractivity contribution in [3.8, 4) is 16.2 Å². The smallest absolute Gasteiger partial charge is 0.265 e. The number of fused-ring (bicyclic) bond motifs is 3. The predicted molar refractivity (Wildman–Crippen MR) is 112 cm³/mol. The van der Waals surface area contributed by atoms with Crippen molar-refractivity contribution < 1.29 is 14.3 Å². The number of carbonyl (C=O) groups excluding carboxylic acids is 2. The van der Waals surface area contributed by atoms with Crippen LogP contribution >= 0.6 is 11.3 Å². The van der Waals surface area contributed by atoms with Gasteiger partial charge in [0.2, 0.25) is 5.91 Å². The van der Waals surface area contributed by atoms with Crippen LogP contribution in [0.25, 0.3) is 10.4 Å². The summed E-state index contributed by atoms with van der Waals surface area (Å²) < 4.78 is 5.25. The minimum Gasteiger partial charge on any atom is -0.495 e. The zero-order chi connectivity index (χ0) is 19.7. The number of nitrogens with one attached hydrogen (secondary N) is 2. The number of hydrogen-bond acceptors (Lipinski definition) is 4. The largest absolute Gasteiger partial charge is 0.495 e. The Balaban J connectivity index is 1.59. The van der Waals surface area contributed by atoms with E-state index in [4.69, 9.17) is 4.74 Å². The van der Waals surface area contributed by atoms with Gasteiger partial charge in [0.25, 0.3) is 5.91 Å². The summed E-state index contributed by atoms with van der Waals surface area (Å²) in [5, 5.41) is 5.64. The lowest BCUT2D eigenvalue weighted by molar-refractivity contribution is -0.114. The molecular weight excluding hydrogens is 372 g/mol. The standard InChI is InChI=1S/C22H20N2O3S/c1-13(25)23-18-12-16(9-10-19(18)27-2)24-22(26)20-11-15-8-7-14-5-3-4-6-17(14)21(15)28-20/h3-6,9-12H,7-8H2,1-2H3,(H,23,25)(H,24,26). The molecule has 0 aliphatic heterocycles. The average molecular weight is 392 g/mol. The summed E-state index contributed by atoms with van der Waals surface area (Å²) >= 11 is 1.52. The van der Waals surface area contributed by atoms with Crippen LogP contribution in [-0.2, 0) is 17.6 Å². The molecular formula is C22H20N2O3S. The van der Waals surface area contributed by atoms with Crippen molar-refractivity contribution in [2.45, 2.75) is 19.8 Å². The van der Waals surface area contributed by atoms with Gasteiger partial charge in [-0.2, -0.15) is 0 Å². The van der Waals surface area contributed by atoms with E-state index in [2.05, 4.69) is 28.8 Å². The lowest BCUT2D eigenvalue weighted by Crippen LogP contribution is -2.12. The first-order valence-corrected chi connectivity index (χ1v) is 9.85. The monoisotopic (exact) mass is 392 g/mol. The second kappa shape index (κ2) is 7.48. The minimum absolute atomic E-state index is 0.157. The highest BCUT2D eigenvalue weighted by Gasteiger charge is 2.21. The van der Waals surface area contributed by atoms with Crippen molar-refractivity contribution in [1.82, 2.24) is 0 Å². The van der Waals surface area contributed by atoms with E-state index in [9.17, 15) is 9.59 Å². The number of carbonyl (C=O) groups is 2. The fourth-order valence-electron chi connectivity index (χ4n) is 3.45. The molecule has 0 spiro atoms. The summed E-state index contributed by atoms with van der Waals surface area (Å²) in [6.45, 7) is 1.43. The molecule has 0 saturated carbocycles. The SMILES string of the molecule is COc1ccc(NC(=O)c2cc3c(s2)-c2ccccc2CC3)cc1NC(C)=O. The van der Waals surface area contributed by atoms with Gasteiger partial charge < -0.3 is 15.4 Å². The number of amides is 2. The second-order valence-corrected chi connectivity index (χ2v) is 7.72. The van der Waals surface area contributed by atoms with Gasteiger partial charge in [-0.25, -0.2) is 0 Å². The zero-order valence-electron chi connectivity index (χ0n) is 15.7. The molecule has 2 aromatic carbocycles. The molecule has 1 aliphatic carbocycles. The van der Waals surface area contributed by atoms with E-state index in [1.54, 1.807) is 18.2 Å². The Kier molecular flexibility index (Phi) is 4.88. The van der Waals surface area contributed by atoms with Crippen LogP contribution < -0.4 is 15.4 Å². The predicted octanol–water partition coefficient (Wildman–Crippen LogP) is 4.73. The molecule has 5 nitrogen and oxygen atoms in total. The van der Waals surface area contributed by atoms with Gasteiger partial charge in [-0.1, -0.05) is 24.3 Å². The lowest BCUT2D eigenvalue weighted by atomic mass is 9.91. The minimum atomic E-state index is -0.202. The highest BCUT2D eigenvalue weighted by molar-refractivity contribution is 7.17. The molecule has 142 valence electrons. The molecule has 2 amide bonds. The molecule has 3 aromatic rings. The van der Waals surface area contributed by atoms with Crippen LogP contribution in [0.5, 0.6) is 5.75 Å². The Morgan fingerprint density at radius 2 is 1.79 bits per heavy atom. The first-order valence-electron chi connectivity index (χ1n) is 9.03. The van der Waals surface area contributed by atoms with Crippen LogP contribution in [0.2, 0.25) is 0 Å². The molecule has 0 fully saturated rings. The van der Waals surface area contributed by atoms with Gasteiger partial charge in [0.05, 0.1) is 17.7 Å². The van der Waals surface area contributed by atoms with Crippen LogP contribution in [0.1, 0.15) is 27.7 Å². The summed E-state index contributed by atoms with van der Waals surface area (Å²) in [4.78, 5) is 26.1. The summed E-state index contributed by atoms with van der Waals surface area (Å²) in [6, 6.07) is 15.5. The van der Waals surface area contributed by atoms with E-state index in [0.717, 1.165) is 12.8 Å². The first kappa shape index (κ1) is 18.3. The molecule has 0 saturated heterocycles. The van der Waals surface area contributed by atoms with E-state index in [-0.39, 0.29) is 11.8 Å². The molecule has 2 N–H and O–H groups in total. The van der Waals surface area contributed by atoms with Crippen molar-refractivity contribution >= 4 is 34.5 Å². The van der Waals surface area contributed by atoms with E-state index < -0.39 is 0 Å². The fraction of sp³-hybridized carbons (Fsp3) is 0.182. The highest BCUT2D eigenvalue weighted by atomic mass is 32.1. The number of aryl methyl sites for hydroxylation is 2. The van der Waals surface area contributed by atoms with Crippen LogP contribution in [0.15, 0.2) is 48.5 Å². The fourth-order valence-corrected chi connectivity index (χ4v) is 4.62. The number of hydrogen-bond donors (Lipinski definition) is 2. The number of ether oxygens (including phenoxy) is 1. The average Bonchev–Trinajstić information content (AvgIpc) is 3.13. The Morgan fingerprint density at radius 3 is 2.57 bits per heavy atom. The second-order valence-electron chi connectivity index (χ2n) is 6.67. The molecule has 28 heavy (non-hydrogen) atoms. The molecule has 1 aromatic heterocycles. The molecule has 0 atom stereocenters. The normalized spacial score (nSPS) is 11.9. The molecule has 0 radical (unpaired) electrons. The highest BCUT2D eigenvalue weighted by Crippen LogP contribution is 2.39. The third kappa shape index (κ3) is 3.51. The molecule has 1 aliphatic rings. The van der Waals surface area contributed by atoms with Crippen molar-refractivity contribution in [3.63, 3.8) is 0 Å². The number of thiophene rings is 1. The summed E-state index contributed by atoms with van der Waals surface area (Å²) in [7, 11) is 1.53.